The van der Waals surface area contributed by atoms with Crippen LogP contribution in [-0.4, -0.2) is 81.0 Å². The van der Waals surface area contributed by atoms with Crippen molar-refractivity contribution in [3.05, 3.63) is 71.3 Å². The van der Waals surface area contributed by atoms with Gasteiger partial charge >= 0.3 is 16.4 Å². The van der Waals surface area contributed by atoms with Gasteiger partial charge in [-0.2, -0.15) is 21.9 Å². The van der Waals surface area contributed by atoms with Gasteiger partial charge in [0.15, 0.2) is 21.3 Å². The molecule has 4 rings (SSSR count). The number of amides is 1. The van der Waals surface area contributed by atoms with Crippen LogP contribution >= 0.6 is 0 Å². The maximum atomic E-state index is 12.6. The van der Waals surface area contributed by atoms with Gasteiger partial charge in [-0.05, 0) is 79.6 Å². The first-order chi connectivity index (χ1) is 26.5. The Morgan fingerprint density at radius 2 is 1.37 bits per heavy atom. The molecular weight excluding hydrogens is 819 g/mol. The number of carboxylic acids is 1. The van der Waals surface area contributed by atoms with Crippen molar-refractivity contribution in [3.8, 4) is 17.2 Å². The lowest BCUT2D eigenvalue weighted by Crippen LogP contribution is -2.16. The minimum Gasteiger partial charge on any atom is -0.505 e. The SMILES string of the molecule is COc1cc(C)c(C)cc1N=Nc1c(C(=O)O)cc(O)c(N=Nc2ccc(N=Nc3ccc(S(=O)(=O)CCOS(=O)(=O)O)cc3S(=O)(=O)O)c(NC(C)=O)c2)c1O. The summed E-state index contributed by atoms with van der Waals surface area (Å²) in [7, 11) is -13.1. The predicted octanol–water partition coefficient (Wildman–Crippen LogP) is 6.47. The lowest BCUT2D eigenvalue weighted by Gasteiger charge is -2.10. The Labute approximate surface area is 323 Å². The van der Waals surface area contributed by atoms with Crippen molar-refractivity contribution in [1.82, 2.24) is 0 Å². The van der Waals surface area contributed by atoms with E-state index >= 15 is 0 Å². The number of aromatic carboxylic acids is 1. The highest BCUT2D eigenvalue weighted by molar-refractivity contribution is 7.91. The predicted molar refractivity (Wildman–Crippen MR) is 198 cm³/mol. The lowest BCUT2D eigenvalue weighted by atomic mass is 10.1. The number of nitrogens with one attached hydrogen (secondary N) is 1. The molecule has 0 aliphatic rings. The molecule has 302 valence electrons. The van der Waals surface area contributed by atoms with Crippen molar-refractivity contribution in [3.63, 3.8) is 0 Å². The molecule has 0 aliphatic carbocycles. The Bertz CT molecular complexity index is 2700. The van der Waals surface area contributed by atoms with Gasteiger partial charge in [0.05, 0.1) is 41.3 Å². The summed E-state index contributed by atoms with van der Waals surface area (Å²) in [5.41, 5.74) is -0.763. The fourth-order valence-corrected chi connectivity index (χ4v) is 6.87. The molecule has 4 aromatic rings. The number of hydrogen-bond acceptors (Lipinski definition) is 18. The molecule has 0 spiro atoms. The minimum absolute atomic E-state index is 0.0481. The van der Waals surface area contributed by atoms with Crippen LogP contribution in [0.25, 0.3) is 0 Å². The highest BCUT2D eigenvalue weighted by atomic mass is 32.3. The lowest BCUT2D eigenvalue weighted by molar-refractivity contribution is -0.114. The maximum absolute atomic E-state index is 12.6. The van der Waals surface area contributed by atoms with Crippen LogP contribution in [0.2, 0.25) is 0 Å². The van der Waals surface area contributed by atoms with Crippen LogP contribution in [0.15, 0.2) is 95.1 Å². The zero-order chi connectivity index (χ0) is 42.5. The molecule has 0 unspecified atom stereocenters. The van der Waals surface area contributed by atoms with E-state index in [-0.39, 0.29) is 22.7 Å². The van der Waals surface area contributed by atoms with Gasteiger partial charge in [0, 0.05) is 6.92 Å². The van der Waals surface area contributed by atoms with Crippen LogP contribution < -0.4 is 10.1 Å². The highest BCUT2D eigenvalue weighted by Gasteiger charge is 2.24. The number of aromatic hydroxyl groups is 2. The first-order valence-corrected chi connectivity index (χ1v) is 20.1. The van der Waals surface area contributed by atoms with Gasteiger partial charge in [-0.1, -0.05) is 0 Å². The maximum Gasteiger partial charge on any atom is 0.397 e. The van der Waals surface area contributed by atoms with Crippen LogP contribution in [0.5, 0.6) is 17.2 Å². The van der Waals surface area contributed by atoms with Gasteiger partial charge in [0.2, 0.25) is 5.91 Å². The minimum atomic E-state index is -5.15. The van der Waals surface area contributed by atoms with E-state index in [2.05, 4.69) is 40.2 Å². The molecule has 0 radical (unpaired) electrons. The fraction of sp³-hybridized carbons (Fsp3) is 0.188. The number of aryl methyl sites for hydroxylation is 2. The number of carbonyl (C=O) groups excluding carboxylic acids is 1. The summed E-state index contributed by atoms with van der Waals surface area (Å²) in [6.45, 7) is 3.76. The van der Waals surface area contributed by atoms with Gasteiger partial charge in [-0.3, -0.25) is 13.9 Å². The topological polar surface area (TPSA) is 342 Å². The monoisotopic (exact) mass is 849 g/mol. The average molecular weight is 850 g/mol. The summed E-state index contributed by atoms with van der Waals surface area (Å²) in [6, 6.07) is 10.0. The third-order valence-electron chi connectivity index (χ3n) is 7.49. The van der Waals surface area contributed by atoms with Crippen molar-refractivity contribution in [2.24, 2.45) is 30.7 Å². The highest BCUT2D eigenvalue weighted by Crippen LogP contribution is 2.47. The second kappa shape index (κ2) is 17.3. The molecule has 0 aromatic heterocycles. The molecule has 25 heteroatoms. The van der Waals surface area contributed by atoms with Gasteiger partial charge < -0.3 is 25.4 Å². The third kappa shape index (κ3) is 11.2. The zero-order valence-corrected chi connectivity index (χ0v) is 32.3. The number of ether oxygens (including phenoxy) is 1. The van der Waals surface area contributed by atoms with E-state index in [0.717, 1.165) is 36.2 Å². The van der Waals surface area contributed by atoms with E-state index in [0.29, 0.717) is 11.8 Å². The van der Waals surface area contributed by atoms with Crippen molar-refractivity contribution in [2.45, 2.75) is 30.6 Å². The van der Waals surface area contributed by atoms with Gasteiger partial charge in [-0.25, -0.2) is 17.4 Å². The first-order valence-electron chi connectivity index (χ1n) is 15.6. The number of benzene rings is 4. The van der Waals surface area contributed by atoms with Crippen LogP contribution in [0.3, 0.4) is 0 Å². The second-order valence-corrected chi connectivity index (χ2v) is 16.1. The van der Waals surface area contributed by atoms with E-state index in [1.54, 1.807) is 19.1 Å². The number of carboxylic acid groups (broad SMARTS) is 1. The summed E-state index contributed by atoms with van der Waals surface area (Å²) in [5.74, 6) is -4.60. The van der Waals surface area contributed by atoms with Crippen molar-refractivity contribution < 1.29 is 68.2 Å². The Morgan fingerprint density at radius 1 is 0.754 bits per heavy atom. The van der Waals surface area contributed by atoms with E-state index < -0.39 is 98.5 Å². The molecule has 0 saturated heterocycles. The van der Waals surface area contributed by atoms with Crippen molar-refractivity contribution >= 4 is 82.0 Å². The number of rotatable bonds is 15. The first kappa shape index (κ1) is 43.5. The molecular formula is C32H31N7O15S3. The standard InChI is InChI=1S/C32H31N7O15S3/c1-16-11-25(27(53-4)12-17(16)2)37-38-29-21(32(43)44)15-26(41)30(31(29)42)39-34-19-5-7-22(24(13-19)33-18(3)40)35-36-23-8-6-20(14-28(23)56(47,48)49)55(45,46)10-9-54-57(50,51)52/h5-8,11-15,41-42H,9-10H2,1-4H3,(H,33,40)(H,43,44)(H,47,48,49)(H,50,51,52). The van der Waals surface area contributed by atoms with Gasteiger partial charge in [-0.15, -0.1) is 25.6 Å². The molecule has 1 amide bonds. The molecule has 0 heterocycles. The summed E-state index contributed by atoms with van der Waals surface area (Å²) < 4.78 is 98.8. The molecule has 57 heavy (non-hydrogen) atoms. The van der Waals surface area contributed by atoms with Crippen molar-refractivity contribution in [2.75, 3.05) is 24.8 Å². The second-order valence-electron chi connectivity index (χ2n) is 11.6. The van der Waals surface area contributed by atoms with Crippen LogP contribution in [0.4, 0.5) is 39.8 Å². The number of carbonyl (C=O) groups is 2. The van der Waals surface area contributed by atoms with Crippen molar-refractivity contribution in [1.29, 1.82) is 0 Å². The molecule has 0 saturated carbocycles. The molecule has 6 N–H and O–H groups in total. The zero-order valence-electron chi connectivity index (χ0n) is 29.8. The van der Waals surface area contributed by atoms with E-state index in [4.69, 9.17) is 9.29 Å². The number of azo groups is 3. The van der Waals surface area contributed by atoms with E-state index in [1.165, 1.54) is 25.3 Å². The number of methoxy groups -OCH3 is 1. The Kier molecular flexibility index (Phi) is 13.2. The number of anilines is 1. The largest absolute Gasteiger partial charge is 0.505 e. The smallest absolute Gasteiger partial charge is 0.397 e. The summed E-state index contributed by atoms with van der Waals surface area (Å²) in [6.07, 6.45) is 0. The fourth-order valence-electron chi connectivity index (χ4n) is 4.64. The van der Waals surface area contributed by atoms with Gasteiger partial charge in [0.1, 0.15) is 39.1 Å². The Hall–Kier alpha value is -6.25. The van der Waals surface area contributed by atoms with Crippen LogP contribution in [-0.2, 0) is 39.3 Å². The van der Waals surface area contributed by atoms with Crippen LogP contribution in [0, 0.1) is 13.8 Å². The Balaban J connectivity index is 1.71. The number of sulfone groups is 1. The molecule has 4 aromatic carbocycles. The van der Waals surface area contributed by atoms with E-state index in [9.17, 15) is 54.7 Å². The summed E-state index contributed by atoms with van der Waals surface area (Å²) in [4.78, 5) is 22.3. The number of phenols is 2. The average Bonchev–Trinajstić information content (AvgIpc) is 3.10. The molecule has 0 fully saturated rings. The molecule has 22 nitrogen and oxygen atoms in total. The summed E-state index contributed by atoms with van der Waals surface area (Å²) in [5, 5.41) is 57.2. The third-order valence-corrected chi connectivity index (χ3v) is 10.5. The molecule has 0 bridgehead atoms. The Morgan fingerprint density at radius 3 is 1.98 bits per heavy atom. The molecule has 0 aliphatic heterocycles. The quantitative estimate of drug-likeness (QED) is 0.0551. The number of phenolic OH excluding ortho intramolecular Hbond substituents is 2. The normalized spacial score (nSPS) is 12.5. The van der Waals surface area contributed by atoms with Gasteiger partial charge in [0.25, 0.3) is 10.1 Å². The van der Waals surface area contributed by atoms with E-state index in [1.807, 2.05) is 6.92 Å². The number of hydrogen-bond donors (Lipinski definition) is 6. The molecule has 0 atom stereocenters. The number of nitrogens with zero attached hydrogens (tertiary/aromatic N) is 6. The van der Waals surface area contributed by atoms with Crippen LogP contribution in [0.1, 0.15) is 28.4 Å². The summed E-state index contributed by atoms with van der Waals surface area (Å²) >= 11 is 0.